The standard InChI is InChI=1S/C8H12O4.C2H6/c1-5-2-6(9)3-7(12-5)4-8(10)11;1-2/h5,7H,2-4H2,1H3,(H,10,11);1-2H3. The van der Waals surface area contributed by atoms with Gasteiger partial charge in [-0.3, -0.25) is 9.59 Å². The van der Waals surface area contributed by atoms with Crippen LogP contribution in [0.4, 0.5) is 0 Å². The minimum atomic E-state index is -0.915. The quantitative estimate of drug-likeness (QED) is 0.739. The van der Waals surface area contributed by atoms with Crippen LogP contribution in [0.15, 0.2) is 0 Å². The average Bonchev–Trinajstić information content (AvgIpc) is 2.04. The smallest absolute Gasteiger partial charge is 0.305 e. The monoisotopic (exact) mass is 202 g/mol. The lowest BCUT2D eigenvalue weighted by Gasteiger charge is -2.25. The molecular formula is C10H18O4. The number of carboxylic acids is 1. The van der Waals surface area contributed by atoms with Gasteiger partial charge in [0.05, 0.1) is 18.6 Å². The number of rotatable bonds is 2. The topological polar surface area (TPSA) is 63.6 Å². The van der Waals surface area contributed by atoms with Crippen molar-refractivity contribution >= 4 is 11.8 Å². The highest BCUT2D eigenvalue weighted by Crippen LogP contribution is 2.17. The number of carbonyl (C=O) groups is 2. The molecule has 2 atom stereocenters. The lowest BCUT2D eigenvalue weighted by Crippen LogP contribution is -2.32. The van der Waals surface area contributed by atoms with Crippen LogP contribution in [0.25, 0.3) is 0 Å². The van der Waals surface area contributed by atoms with Crippen molar-refractivity contribution < 1.29 is 19.4 Å². The molecule has 2 unspecified atom stereocenters. The minimum absolute atomic E-state index is 0.0733. The van der Waals surface area contributed by atoms with E-state index in [9.17, 15) is 9.59 Å². The number of carboxylic acid groups (broad SMARTS) is 1. The Morgan fingerprint density at radius 2 is 2.07 bits per heavy atom. The fourth-order valence-electron chi connectivity index (χ4n) is 1.40. The lowest BCUT2D eigenvalue weighted by molar-refractivity contribution is -0.146. The van der Waals surface area contributed by atoms with Gasteiger partial charge < -0.3 is 9.84 Å². The van der Waals surface area contributed by atoms with Crippen molar-refractivity contribution in [3.05, 3.63) is 0 Å². The minimum Gasteiger partial charge on any atom is -0.481 e. The molecule has 1 aliphatic heterocycles. The lowest BCUT2D eigenvalue weighted by atomic mass is 10.0. The van der Waals surface area contributed by atoms with Gasteiger partial charge in [-0.25, -0.2) is 0 Å². The summed E-state index contributed by atoms with van der Waals surface area (Å²) in [6, 6.07) is 0. The summed E-state index contributed by atoms with van der Waals surface area (Å²) in [5, 5.41) is 8.45. The molecule has 0 aromatic heterocycles. The number of Topliss-reactive ketones (excluding diaryl/α,β-unsaturated/α-hetero) is 1. The Morgan fingerprint density at radius 1 is 1.50 bits per heavy atom. The van der Waals surface area contributed by atoms with E-state index in [0.29, 0.717) is 6.42 Å². The van der Waals surface area contributed by atoms with Gasteiger partial charge in [-0.2, -0.15) is 0 Å². The number of ether oxygens (including phenoxy) is 1. The predicted octanol–water partition coefficient (Wildman–Crippen LogP) is 1.62. The van der Waals surface area contributed by atoms with Crippen LogP contribution in [0.2, 0.25) is 0 Å². The maximum Gasteiger partial charge on any atom is 0.305 e. The van der Waals surface area contributed by atoms with Crippen molar-refractivity contribution in [2.45, 2.75) is 52.2 Å². The summed E-state index contributed by atoms with van der Waals surface area (Å²) in [4.78, 5) is 21.3. The summed E-state index contributed by atoms with van der Waals surface area (Å²) in [6.07, 6.45) is 0.0393. The van der Waals surface area contributed by atoms with Crippen LogP contribution in [-0.2, 0) is 14.3 Å². The Labute approximate surface area is 84.3 Å². The van der Waals surface area contributed by atoms with E-state index in [1.165, 1.54) is 0 Å². The van der Waals surface area contributed by atoms with Gasteiger partial charge in [-0.05, 0) is 6.92 Å². The molecule has 1 N–H and O–H groups in total. The Morgan fingerprint density at radius 3 is 2.50 bits per heavy atom. The van der Waals surface area contributed by atoms with Crippen LogP contribution in [0.1, 0.15) is 40.0 Å². The molecule has 0 aromatic carbocycles. The second-order valence-electron chi connectivity index (χ2n) is 3.11. The van der Waals surface area contributed by atoms with Crippen LogP contribution >= 0.6 is 0 Å². The largest absolute Gasteiger partial charge is 0.481 e. The third kappa shape index (κ3) is 4.97. The van der Waals surface area contributed by atoms with E-state index in [0.717, 1.165) is 0 Å². The van der Waals surface area contributed by atoms with Crippen LogP contribution in [0, 0.1) is 0 Å². The van der Waals surface area contributed by atoms with Gasteiger partial charge in [0.25, 0.3) is 0 Å². The van der Waals surface area contributed by atoms with Crippen molar-refractivity contribution in [3.63, 3.8) is 0 Å². The van der Waals surface area contributed by atoms with E-state index < -0.39 is 12.1 Å². The average molecular weight is 202 g/mol. The summed E-state index contributed by atoms with van der Waals surface area (Å²) in [6.45, 7) is 5.78. The molecule has 4 heteroatoms. The van der Waals surface area contributed by atoms with Crippen LogP contribution in [0.5, 0.6) is 0 Å². The molecule has 0 amide bonds. The molecule has 0 saturated carbocycles. The van der Waals surface area contributed by atoms with Gasteiger partial charge in [-0.1, -0.05) is 13.8 Å². The van der Waals surface area contributed by atoms with Gasteiger partial charge in [0.1, 0.15) is 5.78 Å². The second-order valence-corrected chi connectivity index (χ2v) is 3.11. The van der Waals surface area contributed by atoms with Gasteiger partial charge in [0, 0.05) is 12.8 Å². The SMILES string of the molecule is CC.CC1CC(=O)CC(CC(=O)O)O1. The highest BCUT2D eigenvalue weighted by Gasteiger charge is 2.26. The van der Waals surface area contributed by atoms with Crippen molar-refractivity contribution in [2.75, 3.05) is 0 Å². The number of ketones is 1. The number of hydrogen-bond donors (Lipinski definition) is 1. The van der Waals surface area contributed by atoms with Gasteiger partial charge in [0.15, 0.2) is 0 Å². The van der Waals surface area contributed by atoms with Gasteiger partial charge >= 0.3 is 5.97 Å². The van der Waals surface area contributed by atoms with Crippen LogP contribution < -0.4 is 0 Å². The fraction of sp³-hybridized carbons (Fsp3) is 0.800. The first-order valence-electron chi connectivity index (χ1n) is 4.97. The Kier molecular flexibility index (Phi) is 6.12. The molecule has 0 bridgehead atoms. The van der Waals surface area contributed by atoms with Crippen molar-refractivity contribution in [2.24, 2.45) is 0 Å². The number of carbonyl (C=O) groups excluding carboxylic acids is 1. The normalized spacial score (nSPS) is 26.4. The molecule has 1 aliphatic rings. The van der Waals surface area contributed by atoms with E-state index in [1.807, 2.05) is 13.8 Å². The molecule has 0 spiro atoms. The Balaban J connectivity index is 0.000000791. The zero-order chi connectivity index (χ0) is 11.1. The first-order chi connectivity index (χ1) is 6.58. The highest BCUT2D eigenvalue weighted by atomic mass is 16.5. The van der Waals surface area contributed by atoms with E-state index >= 15 is 0 Å². The van der Waals surface area contributed by atoms with Gasteiger partial charge in [-0.15, -0.1) is 0 Å². The number of aliphatic carboxylic acids is 1. The van der Waals surface area contributed by atoms with Crippen molar-refractivity contribution in [1.29, 1.82) is 0 Å². The second kappa shape index (κ2) is 6.54. The maximum atomic E-state index is 11.0. The number of hydrogen-bond acceptors (Lipinski definition) is 3. The molecule has 1 fully saturated rings. The van der Waals surface area contributed by atoms with E-state index in [4.69, 9.17) is 9.84 Å². The summed E-state index contributed by atoms with van der Waals surface area (Å²) >= 11 is 0. The van der Waals surface area contributed by atoms with E-state index in [2.05, 4.69) is 0 Å². The maximum absolute atomic E-state index is 11.0. The molecular weight excluding hydrogens is 184 g/mol. The molecule has 4 nitrogen and oxygen atoms in total. The summed E-state index contributed by atoms with van der Waals surface area (Å²) in [5.74, 6) is -0.818. The van der Waals surface area contributed by atoms with Crippen LogP contribution in [-0.4, -0.2) is 29.1 Å². The van der Waals surface area contributed by atoms with Gasteiger partial charge in [0.2, 0.25) is 0 Å². The molecule has 1 rings (SSSR count). The van der Waals surface area contributed by atoms with Crippen molar-refractivity contribution in [3.8, 4) is 0 Å². The molecule has 1 saturated heterocycles. The Hall–Kier alpha value is -0.900. The fourth-order valence-corrected chi connectivity index (χ4v) is 1.40. The third-order valence-corrected chi connectivity index (χ3v) is 1.80. The van der Waals surface area contributed by atoms with E-state index in [-0.39, 0.29) is 24.7 Å². The molecule has 82 valence electrons. The zero-order valence-corrected chi connectivity index (χ0v) is 8.95. The van der Waals surface area contributed by atoms with Crippen LogP contribution in [0.3, 0.4) is 0 Å². The first kappa shape index (κ1) is 13.1. The molecule has 0 radical (unpaired) electrons. The molecule has 1 heterocycles. The summed E-state index contributed by atoms with van der Waals surface area (Å²) < 4.78 is 5.27. The third-order valence-electron chi connectivity index (χ3n) is 1.80. The molecule has 0 aliphatic carbocycles. The van der Waals surface area contributed by atoms with E-state index in [1.54, 1.807) is 6.92 Å². The summed E-state index contributed by atoms with van der Waals surface area (Å²) in [7, 11) is 0. The Bertz CT molecular complexity index is 198. The zero-order valence-electron chi connectivity index (χ0n) is 8.95. The predicted molar refractivity (Wildman–Crippen MR) is 52.2 cm³/mol. The molecule has 0 aromatic rings. The highest BCUT2D eigenvalue weighted by molar-refractivity contribution is 5.80. The first-order valence-corrected chi connectivity index (χ1v) is 4.97. The molecule has 14 heavy (non-hydrogen) atoms. The summed E-state index contributed by atoms with van der Waals surface area (Å²) in [5.41, 5.74) is 0. The van der Waals surface area contributed by atoms with Crippen molar-refractivity contribution in [1.82, 2.24) is 0 Å².